The van der Waals surface area contributed by atoms with E-state index < -0.39 is 53.0 Å². The Labute approximate surface area is 184 Å². The average Bonchev–Trinajstić information content (AvgIpc) is 3.15. The van der Waals surface area contributed by atoms with E-state index in [9.17, 15) is 44.3 Å². The van der Waals surface area contributed by atoms with Crippen LogP contribution in [0.4, 0.5) is 44.3 Å². The van der Waals surface area contributed by atoms with Crippen molar-refractivity contribution in [2.75, 3.05) is 0 Å². The van der Waals surface area contributed by atoms with Gasteiger partial charge in [0, 0.05) is 12.7 Å². The van der Waals surface area contributed by atoms with Gasteiger partial charge in [0.1, 0.15) is 0 Å². The van der Waals surface area contributed by atoms with E-state index in [4.69, 9.17) is 0 Å². The maximum atomic E-state index is 13.6. The number of aromatic nitrogens is 3. The minimum Gasteiger partial charge on any atom is -0.406 e. The van der Waals surface area contributed by atoms with E-state index >= 15 is 0 Å². The number of nitrogens with one attached hydrogen (secondary N) is 1. The predicted octanol–water partition coefficient (Wildman–Crippen LogP) is 5.61. The fourth-order valence-electron chi connectivity index (χ4n) is 2.64. The molecule has 0 unspecified atom stereocenters. The highest BCUT2D eigenvalue weighted by Gasteiger charge is 2.41. The van der Waals surface area contributed by atoms with Crippen LogP contribution in [0.25, 0.3) is 5.82 Å². The summed E-state index contributed by atoms with van der Waals surface area (Å²) in [4.78, 5) is 15.3. The zero-order valence-electron chi connectivity index (χ0n) is 16.4. The molecule has 1 amide bonds. The normalized spacial score (nSPS) is 12.5. The van der Waals surface area contributed by atoms with Crippen molar-refractivity contribution in [3.8, 4) is 11.6 Å². The van der Waals surface area contributed by atoms with Crippen LogP contribution in [0.3, 0.4) is 0 Å². The SMILES string of the molecule is O=C(NCc1ccc(C(F)(F)F)cc1)Oc1cnn(-c2ccc(C(F)(F)F)cn2)c1C(F)(F)F. The lowest BCUT2D eigenvalue weighted by Gasteiger charge is -2.13. The van der Waals surface area contributed by atoms with E-state index in [2.05, 4.69) is 20.1 Å². The summed E-state index contributed by atoms with van der Waals surface area (Å²) in [5.74, 6) is -1.69. The summed E-state index contributed by atoms with van der Waals surface area (Å²) in [6, 6.07) is 4.77. The van der Waals surface area contributed by atoms with E-state index in [0.29, 0.717) is 24.5 Å². The molecule has 1 N–H and O–H groups in total. The molecule has 3 rings (SSSR count). The monoisotopic (exact) mass is 498 g/mol. The van der Waals surface area contributed by atoms with E-state index in [1.165, 1.54) is 0 Å². The molecule has 0 fully saturated rings. The molecule has 0 saturated carbocycles. The average molecular weight is 498 g/mol. The summed E-state index contributed by atoms with van der Waals surface area (Å²) in [6.07, 6.45) is -15.0. The maximum absolute atomic E-state index is 13.6. The van der Waals surface area contributed by atoms with Gasteiger partial charge in [0.15, 0.2) is 17.3 Å². The summed E-state index contributed by atoms with van der Waals surface area (Å²) in [7, 11) is 0. The van der Waals surface area contributed by atoms with Gasteiger partial charge in [0.05, 0.1) is 17.3 Å². The molecule has 0 aliphatic rings. The second kappa shape index (κ2) is 8.87. The number of benzene rings is 1. The number of amides is 1. The molecule has 34 heavy (non-hydrogen) atoms. The third-order valence-electron chi connectivity index (χ3n) is 4.22. The molecule has 182 valence electrons. The molecule has 1 aromatic carbocycles. The Balaban J connectivity index is 1.76. The standard InChI is InChI=1S/C19H11F9N4O2/c20-17(21,22)11-3-1-10(2-4-11)7-30-16(33)34-13-9-31-32(15(13)19(26,27)28)14-6-5-12(8-29-14)18(23,24)25/h1-6,8-9H,7H2,(H,30,33). The van der Waals surface area contributed by atoms with Crippen molar-refractivity contribution in [2.24, 2.45) is 0 Å². The molecule has 0 atom stereocenters. The Bertz CT molecular complexity index is 1150. The number of nitrogens with zero attached hydrogens (tertiary/aromatic N) is 3. The fourth-order valence-corrected chi connectivity index (χ4v) is 2.64. The number of hydrogen-bond acceptors (Lipinski definition) is 4. The first-order chi connectivity index (χ1) is 15.7. The smallest absolute Gasteiger partial charge is 0.406 e. The zero-order chi connectivity index (χ0) is 25.3. The van der Waals surface area contributed by atoms with Gasteiger partial charge < -0.3 is 10.1 Å². The maximum Gasteiger partial charge on any atom is 0.437 e. The lowest BCUT2D eigenvalue weighted by atomic mass is 10.1. The van der Waals surface area contributed by atoms with Crippen molar-refractivity contribution < 1.29 is 49.0 Å². The van der Waals surface area contributed by atoms with Gasteiger partial charge >= 0.3 is 24.6 Å². The molecular weight excluding hydrogens is 487 g/mol. The second-order valence-electron chi connectivity index (χ2n) is 6.61. The van der Waals surface area contributed by atoms with Crippen LogP contribution in [0.15, 0.2) is 48.8 Å². The van der Waals surface area contributed by atoms with Crippen LogP contribution in [-0.2, 0) is 25.1 Å². The minimum absolute atomic E-state index is 0.151. The molecule has 0 saturated heterocycles. The number of pyridine rings is 1. The molecule has 0 aliphatic heterocycles. The van der Waals surface area contributed by atoms with Gasteiger partial charge in [-0.2, -0.15) is 44.6 Å². The van der Waals surface area contributed by atoms with Crippen molar-refractivity contribution in [1.29, 1.82) is 0 Å². The highest BCUT2D eigenvalue weighted by atomic mass is 19.4. The van der Waals surface area contributed by atoms with Crippen LogP contribution in [0.2, 0.25) is 0 Å². The number of carbonyl (C=O) groups is 1. The molecule has 0 radical (unpaired) electrons. The third-order valence-corrected chi connectivity index (χ3v) is 4.22. The Hall–Kier alpha value is -3.78. The first-order valence-corrected chi connectivity index (χ1v) is 8.97. The molecule has 2 heterocycles. The van der Waals surface area contributed by atoms with Crippen molar-refractivity contribution in [1.82, 2.24) is 20.1 Å². The van der Waals surface area contributed by atoms with E-state index in [1.54, 1.807) is 0 Å². The second-order valence-corrected chi connectivity index (χ2v) is 6.61. The van der Waals surface area contributed by atoms with E-state index in [1.807, 2.05) is 0 Å². The molecule has 3 aromatic rings. The highest BCUT2D eigenvalue weighted by Crippen LogP contribution is 2.38. The Morgan fingerprint density at radius 2 is 1.41 bits per heavy atom. The number of halogens is 9. The van der Waals surface area contributed by atoms with Crippen molar-refractivity contribution >= 4 is 6.09 Å². The number of alkyl halides is 9. The summed E-state index contributed by atoms with van der Waals surface area (Å²) >= 11 is 0. The number of ether oxygens (including phenoxy) is 1. The predicted molar refractivity (Wildman–Crippen MR) is 95.7 cm³/mol. The van der Waals surface area contributed by atoms with Crippen LogP contribution in [0.5, 0.6) is 5.75 Å². The van der Waals surface area contributed by atoms with Crippen molar-refractivity contribution in [3.63, 3.8) is 0 Å². The number of carbonyl (C=O) groups excluding carboxylic acids is 1. The first kappa shape index (κ1) is 24.9. The van der Waals surface area contributed by atoms with Crippen molar-refractivity contribution in [2.45, 2.75) is 25.1 Å². The molecule has 0 spiro atoms. The molecule has 0 aliphatic carbocycles. The number of hydrogen-bond donors (Lipinski definition) is 1. The largest absolute Gasteiger partial charge is 0.437 e. The van der Waals surface area contributed by atoms with E-state index in [-0.39, 0.29) is 16.8 Å². The van der Waals surface area contributed by atoms with Crippen molar-refractivity contribution in [3.05, 3.63) is 71.2 Å². The minimum atomic E-state index is -5.15. The van der Waals surface area contributed by atoms with Gasteiger partial charge in [-0.1, -0.05) is 12.1 Å². The van der Waals surface area contributed by atoms with E-state index in [0.717, 1.165) is 24.3 Å². The van der Waals surface area contributed by atoms with Crippen LogP contribution in [-0.4, -0.2) is 20.9 Å². The third kappa shape index (κ3) is 5.77. The lowest BCUT2D eigenvalue weighted by molar-refractivity contribution is -0.144. The topological polar surface area (TPSA) is 69.0 Å². The molecule has 0 bridgehead atoms. The fraction of sp³-hybridized carbons (Fsp3) is 0.211. The highest BCUT2D eigenvalue weighted by molar-refractivity contribution is 5.70. The summed E-state index contributed by atoms with van der Waals surface area (Å²) in [6.45, 7) is -0.368. The lowest BCUT2D eigenvalue weighted by Crippen LogP contribution is -2.27. The van der Waals surface area contributed by atoms with Gasteiger partial charge in [-0.3, -0.25) is 0 Å². The van der Waals surface area contributed by atoms with Gasteiger partial charge in [0.25, 0.3) is 0 Å². The Morgan fingerprint density at radius 3 is 1.91 bits per heavy atom. The van der Waals surface area contributed by atoms with Crippen LogP contribution in [0.1, 0.15) is 22.4 Å². The quantitative estimate of drug-likeness (QED) is 0.475. The molecule has 2 aromatic heterocycles. The zero-order valence-corrected chi connectivity index (χ0v) is 16.4. The Kier molecular flexibility index (Phi) is 6.48. The number of rotatable bonds is 4. The molecular formula is C19H11F9N4O2. The van der Waals surface area contributed by atoms with Crippen LogP contribution >= 0.6 is 0 Å². The molecule has 15 heteroatoms. The van der Waals surface area contributed by atoms with Gasteiger partial charge in [0.2, 0.25) is 0 Å². The van der Waals surface area contributed by atoms with Gasteiger partial charge in [-0.25, -0.2) is 14.5 Å². The van der Waals surface area contributed by atoms with Crippen LogP contribution < -0.4 is 10.1 Å². The molecule has 6 nitrogen and oxygen atoms in total. The Morgan fingerprint density at radius 1 is 0.824 bits per heavy atom. The first-order valence-electron chi connectivity index (χ1n) is 8.97. The summed E-state index contributed by atoms with van der Waals surface area (Å²) in [5.41, 5.74) is -3.55. The van der Waals surface area contributed by atoms with Crippen LogP contribution in [0, 0.1) is 0 Å². The summed E-state index contributed by atoms with van der Waals surface area (Å²) < 4.78 is 121. The van der Waals surface area contributed by atoms with Gasteiger partial charge in [-0.15, -0.1) is 0 Å². The van der Waals surface area contributed by atoms with Gasteiger partial charge in [-0.05, 0) is 29.8 Å². The summed E-state index contributed by atoms with van der Waals surface area (Å²) in [5, 5.41) is 5.46.